The molecule has 3 aromatic rings. The van der Waals surface area contributed by atoms with Gasteiger partial charge in [-0.25, -0.2) is 4.39 Å². The smallest absolute Gasteiger partial charge is 0.265 e. The second kappa shape index (κ2) is 11.1. The first-order valence-electron chi connectivity index (χ1n) is 10.7. The first-order chi connectivity index (χ1) is 15.4. The fourth-order valence-electron chi connectivity index (χ4n) is 3.06. The van der Waals surface area contributed by atoms with Gasteiger partial charge in [0.1, 0.15) is 11.6 Å². The molecule has 3 aromatic carbocycles. The summed E-state index contributed by atoms with van der Waals surface area (Å²) in [7, 11) is 0. The Kier molecular flexibility index (Phi) is 7.97. The number of carbonyl (C=O) groups excluding carboxylic acids is 2. The predicted molar refractivity (Wildman–Crippen MR) is 125 cm³/mol. The van der Waals surface area contributed by atoms with Crippen LogP contribution >= 0.6 is 0 Å². The van der Waals surface area contributed by atoms with E-state index in [1.165, 1.54) is 29.8 Å². The summed E-state index contributed by atoms with van der Waals surface area (Å²) in [5, 5.41) is 5.55. The quantitative estimate of drug-likeness (QED) is 0.445. The molecule has 2 amide bonds. The van der Waals surface area contributed by atoms with Gasteiger partial charge in [-0.2, -0.15) is 0 Å². The Hall–Kier alpha value is -3.67. The molecule has 6 heteroatoms. The van der Waals surface area contributed by atoms with Crippen LogP contribution in [-0.2, 0) is 11.2 Å². The number of carbonyl (C=O) groups is 2. The molecule has 32 heavy (non-hydrogen) atoms. The molecule has 0 spiro atoms. The minimum Gasteiger partial charge on any atom is -0.481 e. The number of halogens is 1. The maximum Gasteiger partial charge on any atom is 0.265 e. The van der Waals surface area contributed by atoms with Crippen molar-refractivity contribution < 1.29 is 18.7 Å². The fourth-order valence-corrected chi connectivity index (χ4v) is 3.06. The molecule has 0 fully saturated rings. The third kappa shape index (κ3) is 6.67. The van der Waals surface area contributed by atoms with Crippen molar-refractivity contribution in [3.8, 4) is 5.75 Å². The first-order valence-corrected chi connectivity index (χ1v) is 10.7. The Labute approximate surface area is 187 Å². The van der Waals surface area contributed by atoms with Gasteiger partial charge < -0.3 is 15.4 Å². The summed E-state index contributed by atoms with van der Waals surface area (Å²) < 4.78 is 18.6. The van der Waals surface area contributed by atoms with Gasteiger partial charge in [-0.05, 0) is 86.0 Å². The summed E-state index contributed by atoms with van der Waals surface area (Å²) in [6, 6.07) is 19.9. The molecule has 0 heterocycles. The zero-order valence-electron chi connectivity index (χ0n) is 18.2. The third-order valence-electron chi connectivity index (χ3n) is 4.94. The lowest BCUT2D eigenvalue weighted by Gasteiger charge is -2.15. The molecule has 0 bridgehead atoms. The molecule has 2 N–H and O–H groups in total. The molecule has 3 rings (SSSR count). The summed E-state index contributed by atoms with van der Waals surface area (Å²) in [5.74, 6) is -0.496. The van der Waals surface area contributed by atoms with Gasteiger partial charge in [0.15, 0.2) is 6.10 Å². The van der Waals surface area contributed by atoms with Gasteiger partial charge in [0.05, 0.1) is 0 Å². The van der Waals surface area contributed by atoms with Crippen molar-refractivity contribution in [2.75, 3.05) is 10.6 Å². The Morgan fingerprint density at radius 3 is 2.09 bits per heavy atom. The van der Waals surface area contributed by atoms with Crippen LogP contribution in [0.15, 0.2) is 72.8 Å². The number of ether oxygens (including phenoxy) is 1. The van der Waals surface area contributed by atoms with Crippen molar-refractivity contribution in [2.45, 2.75) is 39.2 Å². The Morgan fingerprint density at radius 1 is 0.875 bits per heavy atom. The van der Waals surface area contributed by atoms with E-state index < -0.39 is 6.10 Å². The number of anilines is 2. The van der Waals surface area contributed by atoms with Crippen LogP contribution in [0.5, 0.6) is 5.75 Å². The molecule has 5 nitrogen and oxygen atoms in total. The molecule has 0 aromatic heterocycles. The highest BCUT2D eigenvalue weighted by Crippen LogP contribution is 2.17. The van der Waals surface area contributed by atoms with Crippen molar-refractivity contribution in [1.29, 1.82) is 0 Å². The number of hydrogen-bond donors (Lipinski definition) is 2. The second-order valence-electron chi connectivity index (χ2n) is 7.54. The van der Waals surface area contributed by atoms with Crippen LogP contribution in [0, 0.1) is 5.82 Å². The van der Waals surface area contributed by atoms with Crippen LogP contribution in [0.4, 0.5) is 15.8 Å². The van der Waals surface area contributed by atoms with Crippen LogP contribution < -0.4 is 15.4 Å². The Bertz CT molecular complexity index is 1030. The zero-order chi connectivity index (χ0) is 22.9. The van der Waals surface area contributed by atoms with E-state index in [1.807, 2.05) is 24.3 Å². The summed E-state index contributed by atoms with van der Waals surface area (Å²) in [6.45, 7) is 3.78. The normalized spacial score (nSPS) is 11.5. The average molecular weight is 435 g/mol. The summed E-state index contributed by atoms with van der Waals surface area (Å²) in [4.78, 5) is 24.8. The van der Waals surface area contributed by atoms with Crippen LogP contribution in [0.3, 0.4) is 0 Å². The van der Waals surface area contributed by atoms with E-state index >= 15 is 0 Å². The highest BCUT2D eigenvalue weighted by Gasteiger charge is 2.15. The molecule has 166 valence electrons. The lowest BCUT2D eigenvalue weighted by atomic mass is 10.1. The highest BCUT2D eigenvalue weighted by atomic mass is 19.1. The van der Waals surface area contributed by atoms with Crippen molar-refractivity contribution in [2.24, 2.45) is 0 Å². The Balaban J connectivity index is 1.52. The van der Waals surface area contributed by atoms with Gasteiger partial charge in [-0.15, -0.1) is 0 Å². The van der Waals surface area contributed by atoms with E-state index in [2.05, 4.69) is 17.6 Å². The molecule has 0 saturated heterocycles. The zero-order valence-corrected chi connectivity index (χ0v) is 18.2. The second-order valence-corrected chi connectivity index (χ2v) is 7.54. The van der Waals surface area contributed by atoms with Gasteiger partial charge in [0.2, 0.25) is 0 Å². The van der Waals surface area contributed by atoms with Crippen molar-refractivity contribution >= 4 is 23.2 Å². The maximum absolute atomic E-state index is 13.0. The standard InChI is InChI=1S/C26H27FN2O3/c1-3-4-5-19-6-12-22(13-7-19)29-26(31)20-8-16-24(17-9-20)32-18(2)25(30)28-23-14-10-21(27)11-15-23/h6-18H,3-5H2,1-2H3,(H,28,30)(H,29,31). The fraction of sp³-hybridized carbons (Fsp3) is 0.231. The molecular weight excluding hydrogens is 407 g/mol. The van der Waals surface area contributed by atoms with E-state index in [-0.39, 0.29) is 17.6 Å². The number of unbranched alkanes of at least 4 members (excludes halogenated alkanes) is 1. The van der Waals surface area contributed by atoms with E-state index in [1.54, 1.807) is 31.2 Å². The predicted octanol–water partition coefficient (Wildman–Crippen LogP) is 5.83. The van der Waals surface area contributed by atoms with Crippen molar-refractivity contribution in [1.82, 2.24) is 0 Å². The van der Waals surface area contributed by atoms with Crippen LogP contribution in [0.2, 0.25) is 0 Å². The minimum absolute atomic E-state index is 0.222. The van der Waals surface area contributed by atoms with Gasteiger partial charge in [-0.3, -0.25) is 9.59 Å². The molecular formula is C26H27FN2O3. The molecule has 0 saturated carbocycles. The van der Waals surface area contributed by atoms with Crippen molar-refractivity contribution in [3.63, 3.8) is 0 Å². The van der Waals surface area contributed by atoms with Crippen LogP contribution in [0.25, 0.3) is 0 Å². The number of amides is 2. The third-order valence-corrected chi connectivity index (χ3v) is 4.94. The van der Waals surface area contributed by atoms with E-state index in [9.17, 15) is 14.0 Å². The first kappa shape index (κ1) is 23.0. The van der Waals surface area contributed by atoms with Gasteiger partial charge >= 0.3 is 0 Å². The van der Waals surface area contributed by atoms with Crippen LogP contribution in [-0.4, -0.2) is 17.9 Å². The molecule has 1 atom stereocenters. The Morgan fingerprint density at radius 2 is 1.47 bits per heavy atom. The number of hydrogen-bond acceptors (Lipinski definition) is 3. The molecule has 0 aliphatic carbocycles. The summed E-state index contributed by atoms with van der Waals surface area (Å²) in [5.41, 5.74) is 2.96. The molecule has 0 radical (unpaired) electrons. The maximum atomic E-state index is 13.0. The molecule has 0 aliphatic rings. The van der Waals surface area contributed by atoms with Crippen molar-refractivity contribution in [3.05, 3.63) is 89.7 Å². The summed E-state index contributed by atoms with van der Waals surface area (Å²) >= 11 is 0. The minimum atomic E-state index is -0.772. The lowest BCUT2D eigenvalue weighted by molar-refractivity contribution is -0.122. The molecule has 1 unspecified atom stereocenters. The average Bonchev–Trinajstić information content (AvgIpc) is 2.80. The van der Waals surface area contributed by atoms with E-state index in [0.717, 1.165) is 24.9 Å². The number of nitrogens with one attached hydrogen (secondary N) is 2. The SMILES string of the molecule is CCCCc1ccc(NC(=O)c2ccc(OC(C)C(=O)Nc3ccc(F)cc3)cc2)cc1. The number of rotatable bonds is 9. The van der Waals surface area contributed by atoms with E-state index in [4.69, 9.17) is 4.74 Å². The van der Waals surface area contributed by atoms with E-state index in [0.29, 0.717) is 17.0 Å². The topological polar surface area (TPSA) is 67.4 Å². The monoisotopic (exact) mass is 434 g/mol. The van der Waals surface area contributed by atoms with Crippen LogP contribution in [0.1, 0.15) is 42.6 Å². The summed E-state index contributed by atoms with van der Waals surface area (Å²) in [6.07, 6.45) is 2.56. The number of aryl methyl sites for hydroxylation is 1. The van der Waals surface area contributed by atoms with Gasteiger partial charge in [-0.1, -0.05) is 25.5 Å². The van der Waals surface area contributed by atoms with Gasteiger partial charge in [0.25, 0.3) is 11.8 Å². The van der Waals surface area contributed by atoms with Gasteiger partial charge in [0, 0.05) is 16.9 Å². The number of benzene rings is 3. The highest BCUT2D eigenvalue weighted by molar-refractivity contribution is 6.04. The lowest BCUT2D eigenvalue weighted by Crippen LogP contribution is -2.30. The molecule has 0 aliphatic heterocycles. The largest absolute Gasteiger partial charge is 0.481 e.